The summed E-state index contributed by atoms with van der Waals surface area (Å²) in [6.45, 7) is 2.09. The van der Waals surface area contributed by atoms with Crippen molar-refractivity contribution in [2.24, 2.45) is 5.73 Å². The summed E-state index contributed by atoms with van der Waals surface area (Å²) in [5.41, 5.74) is 8.18. The van der Waals surface area contributed by atoms with Gasteiger partial charge in [-0.3, -0.25) is 4.79 Å². The zero-order chi connectivity index (χ0) is 15.9. The van der Waals surface area contributed by atoms with E-state index in [1.165, 1.54) is 11.8 Å². The van der Waals surface area contributed by atoms with Crippen LogP contribution >= 0.6 is 11.8 Å². The standard InChI is InChI=1S/C16H21N3O2S/c1-3-11-4-6-12(7-5-11)18-15(20)14-10-21-16(19-14)13(17)8-9-22-2/h4-7,10,13H,3,8-9,17H2,1-2H3,(H,18,20). The van der Waals surface area contributed by atoms with E-state index in [2.05, 4.69) is 17.2 Å². The van der Waals surface area contributed by atoms with Crippen LogP contribution in [0.25, 0.3) is 0 Å². The molecule has 2 aromatic rings. The summed E-state index contributed by atoms with van der Waals surface area (Å²) in [4.78, 5) is 16.3. The number of nitrogens with one attached hydrogen (secondary N) is 1. The number of hydrogen-bond donors (Lipinski definition) is 2. The Morgan fingerprint density at radius 1 is 1.41 bits per heavy atom. The normalized spacial score (nSPS) is 12.1. The summed E-state index contributed by atoms with van der Waals surface area (Å²) in [6.07, 6.45) is 5.10. The topological polar surface area (TPSA) is 81.2 Å². The fourth-order valence-corrected chi connectivity index (χ4v) is 2.44. The summed E-state index contributed by atoms with van der Waals surface area (Å²) in [5, 5.41) is 2.80. The number of carbonyl (C=O) groups is 1. The van der Waals surface area contributed by atoms with Gasteiger partial charge in [-0.2, -0.15) is 11.8 Å². The van der Waals surface area contributed by atoms with Crippen LogP contribution in [0.1, 0.15) is 41.3 Å². The second kappa shape index (κ2) is 8.00. The molecule has 1 heterocycles. The number of aromatic nitrogens is 1. The van der Waals surface area contributed by atoms with Crippen molar-refractivity contribution in [1.82, 2.24) is 4.98 Å². The Morgan fingerprint density at radius 2 is 2.14 bits per heavy atom. The highest BCUT2D eigenvalue weighted by atomic mass is 32.2. The summed E-state index contributed by atoms with van der Waals surface area (Å²) in [5.74, 6) is 1.03. The molecule has 0 bridgehead atoms. The quantitative estimate of drug-likeness (QED) is 0.819. The molecular formula is C16H21N3O2S. The van der Waals surface area contributed by atoms with Crippen molar-refractivity contribution in [2.75, 3.05) is 17.3 Å². The predicted octanol–water partition coefficient (Wildman–Crippen LogP) is 3.24. The first-order chi connectivity index (χ1) is 10.6. The Hall–Kier alpha value is -1.79. The molecule has 1 aromatic carbocycles. The van der Waals surface area contributed by atoms with E-state index in [0.29, 0.717) is 5.89 Å². The van der Waals surface area contributed by atoms with Crippen molar-refractivity contribution >= 4 is 23.4 Å². The first-order valence-corrected chi connectivity index (χ1v) is 8.63. The summed E-state index contributed by atoms with van der Waals surface area (Å²) in [7, 11) is 0. The third-order valence-corrected chi connectivity index (χ3v) is 3.97. The van der Waals surface area contributed by atoms with Gasteiger partial charge in [0.05, 0.1) is 6.04 Å². The van der Waals surface area contributed by atoms with E-state index in [-0.39, 0.29) is 17.6 Å². The molecule has 118 valence electrons. The van der Waals surface area contributed by atoms with Gasteiger partial charge in [0.25, 0.3) is 5.91 Å². The lowest BCUT2D eigenvalue weighted by Crippen LogP contribution is -2.14. The molecule has 2 rings (SSSR count). The summed E-state index contributed by atoms with van der Waals surface area (Å²) >= 11 is 1.71. The number of anilines is 1. The van der Waals surface area contributed by atoms with Crippen LogP contribution in [0.15, 0.2) is 34.9 Å². The molecule has 0 aliphatic rings. The second-order valence-electron chi connectivity index (χ2n) is 4.96. The van der Waals surface area contributed by atoms with Crippen LogP contribution in [-0.4, -0.2) is 22.9 Å². The van der Waals surface area contributed by atoms with Crippen LogP contribution in [0.5, 0.6) is 0 Å². The summed E-state index contributed by atoms with van der Waals surface area (Å²) in [6, 6.07) is 7.45. The number of amides is 1. The van der Waals surface area contributed by atoms with Gasteiger partial charge in [0.2, 0.25) is 5.89 Å². The van der Waals surface area contributed by atoms with Gasteiger partial charge in [0.15, 0.2) is 5.69 Å². The van der Waals surface area contributed by atoms with Crippen molar-refractivity contribution in [3.8, 4) is 0 Å². The molecule has 1 aromatic heterocycles. The molecule has 1 amide bonds. The average Bonchev–Trinajstić information content (AvgIpc) is 3.03. The number of hydrogen-bond acceptors (Lipinski definition) is 5. The minimum absolute atomic E-state index is 0.245. The van der Waals surface area contributed by atoms with Gasteiger partial charge in [0, 0.05) is 5.69 Å². The van der Waals surface area contributed by atoms with E-state index in [4.69, 9.17) is 10.2 Å². The number of rotatable bonds is 7. The minimum atomic E-state index is -0.295. The molecule has 0 spiro atoms. The number of benzene rings is 1. The lowest BCUT2D eigenvalue weighted by atomic mass is 10.1. The van der Waals surface area contributed by atoms with E-state index in [0.717, 1.165) is 24.3 Å². The molecule has 0 aliphatic heterocycles. The Morgan fingerprint density at radius 3 is 2.77 bits per heavy atom. The largest absolute Gasteiger partial charge is 0.446 e. The molecular weight excluding hydrogens is 298 g/mol. The molecule has 0 fully saturated rings. The van der Waals surface area contributed by atoms with Crippen molar-refractivity contribution < 1.29 is 9.21 Å². The van der Waals surface area contributed by atoms with Gasteiger partial charge < -0.3 is 15.5 Å². The number of aryl methyl sites for hydroxylation is 1. The van der Waals surface area contributed by atoms with Crippen LogP contribution in [-0.2, 0) is 6.42 Å². The fraction of sp³-hybridized carbons (Fsp3) is 0.375. The molecule has 22 heavy (non-hydrogen) atoms. The van der Waals surface area contributed by atoms with E-state index in [1.54, 1.807) is 11.8 Å². The average molecular weight is 319 g/mol. The zero-order valence-electron chi connectivity index (χ0n) is 12.8. The Kier molecular flexibility index (Phi) is 6.03. The van der Waals surface area contributed by atoms with E-state index >= 15 is 0 Å². The van der Waals surface area contributed by atoms with Gasteiger partial charge in [-0.05, 0) is 42.5 Å². The zero-order valence-corrected chi connectivity index (χ0v) is 13.7. The lowest BCUT2D eigenvalue weighted by molar-refractivity contribution is 0.102. The number of nitrogens with zero attached hydrogens (tertiary/aromatic N) is 1. The van der Waals surface area contributed by atoms with Gasteiger partial charge in [0.1, 0.15) is 6.26 Å². The molecule has 3 N–H and O–H groups in total. The molecule has 1 atom stereocenters. The van der Waals surface area contributed by atoms with Crippen molar-refractivity contribution in [3.05, 3.63) is 47.7 Å². The number of oxazole rings is 1. The first kappa shape index (κ1) is 16.6. The second-order valence-corrected chi connectivity index (χ2v) is 5.95. The molecule has 1 unspecified atom stereocenters. The third kappa shape index (κ3) is 4.35. The smallest absolute Gasteiger partial charge is 0.277 e. The van der Waals surface area contributed by atoms with E-state index in [1.807, 2.05) is 30.5 Å². The molecule has 0 saturated heterocycles. The van der Waals surface area contributed by atoms with Crippen LogP contribution in [0.4, 0.5) is 5.69 Å². The maximum atomic E-state index is 12.1. The molecule has 0 radical (unpaired) electrons. The molecule has 6 heteroatoms. The summed E-state index contributed by atoms with van der Waals surface area (Å²) < 4.78 is 5.31. The SMILES string of the molecule is CCc1ccc(NC(=O)c2coc(C(N)CCSC)n2)cc1. The fourth-order valence-electron chi connectivity index (χ4n) is 1.95. The van der Waals surface area contributed by atoms with Crippen molar-refractivity contribution in [3.63, 3.8) is 0 Å². The third-order valence-electron chi connectivity index (χ3n) is 3.32. The predicted molar refractivity (Wildman–Crippen MR) is 90.2 cm³/mol. The van der Waals surface area contributed by atoms with Gasteiger partial charge in [-0.1, -0.05) is 19.1 Å². The van der Waals surface area contributed by atoms with E-state index < -0.39 is 0 Å². The lowest BCUT2D eigenvalue weighted by Gasteiger charge is -2.05. The van der Waals surface area contributed by atoms with Crippen molar-refractivity contribution in [1.29, 1.82) is 0 Å². The van der Waals surface area contributed by atoms with Crippen LogP contribution < -0.4 is 11.1 Å². The Bertz CT molecular complexity index is 610. The number of carbonyl (C=O) groups excluding carboxylic acids is 1. The highest BCUT2D eigenvalue weighted by Crippen LogP contribution is 2.17. The first-order valence-electron chi connectivity index (χ1n) is 7.24. The number of thioether (sulfide) groups is 1. The maximum Gasteiger partial charge on any atom is 0.277 e. The van der Waals surface area contributed by atoms with Gasteiger partial charge in [-0.15, -0.1) is 0 Å². The van der Waals surface area contributed by atoms with Crippen LogP contribution in [0, 0.1) is 0 Å². The minimum Gasteiger partial charge on any atom is -0.446 e. The maximum absolute atomic E-state index is 12.1. The molecule has 5 nitrogen and oxygen atoms in total. The highest BCUT2D eigenvalue weighted by molar-refractivity contribution is 7.98. The van der Waals surface area contributed by atoms with Crippen molar-refractivity contribution in [2.45, 2.75) is 25.8 Å². The molecule has 0 saturated carbocycles. The monoisotopic (exact) mass is 319 g/mol. The Labute approximate surface area is 134 Å². The van der Waals surface area contributed by atoms with E-state index in [9.17, 15) is 4.79 Å². The van der Waals surface area contributed by atoms with Crippen LogP contribution in [0.3, 0.4) is 0 Å². The Balaban J connectivity index is 1.98. The highest BCUT2D eigenvalue weighted by Gasteiger charge is 2.16. The van der Waals surface area contributed by atoms with Gasteiger partial charge in [-0.25, -0.2) is 4.98 Å². The van der Waals surface area contributed by atoms with Crippen LogP contribution in [0.2, 0.25) is 0 Å². The molecule has 0 aliphatic carbocycles. The number of nitrogens with two attached hydrogens (primary N) is 1. The van der Waals surface area contributed by atoms with Gasteiger partial charge >= 0.3 is 0 Å².